The minimum absolute atomic E-state index is 1.08. The van der Waals surface area contributed by atoms with E-state index >= 15 is 0 Å². The van der Waals surface area contributed by atoms with Gasteiger partial charge < -0.3 is 9.47 Å². The van der Waals surface area contributed by atoms with Gasteiger partial charge in [0.1, 0.15) is 0 Å². The average molecular weight is 867 g/mol. The number of hydrogen-bond donors (Lipinski definition) is 0. The molecule has 12 rings (SSSR count). The van der Waals surface area contributed by atoms with Crippen LogP contribution in [0.5, 0.6) is 0 Å². The number of nitrogens with zero attached hydrogens (tertiary/aromatic N) is 2. The van der Waals surface area contributed by atoms with E-state index in [4.69, 9.17) is 0 Å². The lowest BCUT2D eigenvalue weighted by molar-refractivity contribution is 1.18. The van der Waals surface area contributed by atoms with Crippen LogP contribution in [0.15, 0.2) is 279 Å². The van der Waals surface area contributed by atoms with Crippen LogP contribution in [-0.4, -0.2) is 4.57 Å². The number of anilines is 3. The fourth-order valence-electron chi connectivity index (χ4n) is 9.96. The molecule has 0 saturated heterocycles. The monoisotopic (exact) mass is 866 g/mol. The van der Waals surface area contributed by atoms with E-state index in [9.17, 15) is 0 Å². The summed E-state index contributed by atoms with van der Waals surface area (Å²) in [5.74, 6) is 0. The summed E-state index contributed by atoms with van der Waals surface area (Å²) in [7, 11) is 0. The number of aromatic nitrogens is 1. The summed E-state index contributed by atoms with van der Waals surface area (Å²) in [6, 6.07) is 101. The van der Waals surface area contributed by atoms with Gasteiger partial charge in [0.05, 0.1) is 16.7 Å². The van der Waals surface area contributed by atoms with Gasteiger partial charge in [-0.05, 0) is 140 Å². The van der Waals surface area contributed by atoms with Gasteiger partial charge >= 0.3 is 0 Å². The Bertz CT molecular complexity index is 3650. The molecule has 2 heteroatoms. The highest BCUT2D eigenvalue weighted by Crippen LogP contribution is 2.44. The Hall–Kier alpha value is -8.98. The molecule has 1 heterocycles. The SMILES string of the molecule is c1ccc(-c2cc(-c3ccccc3)cc(-c3ccc(N(c4cccc(-c5cccc(-c6cccc7c6c6ccccc6n7-c6ccccc6)c5)c4)c4ccccc4-c4ccccc4)cc3)c2)cc1. The maximum atomic E-state index is 2.41. The number of para-hydroxylation sites is 3. The quantitative estimate of drug-likeness (QED) is 0.133. The van der Waals surface area contributed by atoms with E-state index in [2.05, 4.69) is 289 Å². The minimum Gasteiger partial charge on any atom is -0.310 e. The molecule has 68 heavy (non-hydrogen) atoms. The van der Waals surface area contributed by atoms with E-state index in [0.29, 0.717) is 0 Å². The predicted octanol–water partition coefficient (Wildman–Crippen LogP) is 18.3. The molecule has 0 N–H and O–H groups in total. The second-order valence-electron chi connectivity index (χ2n) is 17.3. The van der Waals surface area contributed by atoms with Crippen LogP contribution >= 0.6 is 0 Å². The van der Waals surface area contributed by atoms with Crippen LogP contribution in [0.1, 0.15) is 0 Å². The second-order valence-corrected chi connectivity index (χ2v) is 17.3. The van der Waals surface area contributed by atoms with E-state index in [1.54, 1.807) is 0 Å². The van der Waals surface area contributed by atoms with E-state index < -0.39 is 0 Å². The fourth-order valence-corrected chi connectivity index (χ4v) is 9.96. The van der Waals surface area contributed by atoms with Gasteiger partial charge in [-0.1, -0.05) is 200 Å². The third-order valence-corrected chi connectivity index (χ3v) is 13.2. The fraction of sp³-hybridized carbons (Fsp3) is 0. The molecule has 11 aromatic carbocycles. The Morgan fingerprint density at radius 3 is 1.38 bits per heavy atom. The van der Waals surface area contributed by atoms with Gasteiger partial charge in [0.25, 0.3) is 0 Å². The molecule has 0 saturated carbocycles. The summed E-state index contributed by atoms with van der Waals surface area (Å²) < 4.78 is 2.39. The predicted molar refractivity (Wildman–Crippen MR) is 288 cm³/mol. The van der Waals surface area contributed by atoms with Crippen molar-refractivity contribution in [2.45, 2.75) is 0 Å². The van der Waals surface area contributed by atoms with Gasteiger partial charge in [-0.3, -0.25) is 0 Å². The molecule has 0 aliphatic heterocycles. The lowest BCUT2D eigenvalue weighted by Crippen LogP contribution is -2.11. The van der Waals surface area contributed by atoms with Gasteiger partial charge in [0.15, 0.2) is 0 Å². The van der Waals surface area contributed by atoms with Crippen molar-refractivity contribution in [2.24, 2.45) is 0 Å². The highest BCUT2D eigenvalue weighted by atomic mass is 15.1. The first kappa shape index (κ1) is 40.5. The average Bonchev–Trinajstić information content (AvgIpc) is 3.77. The summed E-state index contributed by atoms with van der Waals surface area (Å²) in [5.41, 5.74) is 21.0. The zero-order chi connectivity index (χ0) is 45.2. The van der Waals surface area contributed by atoms with Gasteiger partial charge in [-0.25, -0.2) is 0 Å². The Morgan fingerprint density at radius 1 is 0.250 bits per heavy atom. The Kier molecular flexibility index (Phi) is 10.6. The lowest BCUT2D eigenvalue weighted by Gasteiger charge is -2.28. The Balaban J connectivity index is 0.969. The van der Waals surface area contributed by atoms with Crippen molar-refractivity contribution < 1.29 is 0 Å². The van der Waals surface area contributed by atoms with Crippen molar-refractivity contribution in [1.82, 2.24) is 4.57 Å². The number of rotatable bonds is 10. The highest BCUT2D eigenvalue weighted by Gasteiger charge is 2.20. The van der Waals surface area contributed by atoms with Gasteiger partial charge in [-0.2, -0.15) is 0 Å². The molecule has 0 amide bonds. The van der Waals surface area contributed by atoms with Crippen molar-refractivity contribution in [2.75, 3.05) is 4.90 Å². The van der Waals surface area contributed by atoms with Gasteiger partial charge in [-0.15, -0.1) is 0 Å². The van der Waals surface area contributed by atoms with Crippen molar-refractivity contribution in [3.63, 3.8) is 0 Å². The summed E-state index contributed by atoms with van der Waals surface area (Å²) in [5, 5.41) is 2.50. The Labute approximate surface area is 397 Å². The number of benzene rings is 11. The standard InChI is InChI=1S/C66H46N2/c1-5-20-47(21-6-1)54-43-55(48-22-7-2-8-23-48)45-56(44-54)49-38-40-58(41-39-49)67(63-35-15-13-32-60(63)50-24-9-3-10-25-50)59-31-18-27-52(46-59)51-26-17-28-53(42-51)61-34-19-37-65-66(61)62-33-14-16-36-64(62)68(65)57-29-11-4-12-30-57/h1-46H. The van der Waals surface area contributed by atoms with Crippen LogP contribution in [0.4, 0.5) is 17.1 Å². The molecular formula is C66H46N2. The summed E-state index contributed by atoms with van der Waals surface area (Å²) in [6.45, 7) is 0. The molecule has 0 atom stereocenters. The topological polar surface area (TPSA) is 8.17 Å². The third-order valence-electron chi connectivity index (χ3n) is 13.2. The molecule has 320 valence electrons. The molecule has 0 radical (unpaired) electrons. The van der Waals surface area contributed by atoms with Crippen molar-refractivity contribution >= 4 is 38.9 Å². The second kappa shape index (κ2) is 17.8. The van der Waals surface area contributed by atoms with Crippen LogP contribution in [-0.2, 0) is 0 Å². The molecule has 0 aliphatic rings. The van der Waals surface area contributed by atoms with E-state index in [1.165, 1.54) is 66.3 Å². The van der Waals surface area contributed by atoms with Crippen molar-refractivity contribution in [3.8, 4) is 72.4 Å². The van der Waals surface area contributed by atoms with Gasteiger partial charge in [0, 0.05) is 33.4 Å². The minimum atomic E-state index is 1.08. The van der Waals surface area contributed by atoms with Gasteiger partial charge in [0.2, 0.25) is 0 Å². The molecule has 0 spiro atoms. The van der Waals surface area contributed by atoms with Crippen LogP contribution in [0.2, 0.25) is 0 Å². The summed E-state index contributed by atoms with van der Waals surface area (Å²) in [6.07, 6.45) is 0. The van der Waals surface area contributed by atoms with Crippen molar-refractivity contribution in [1.29, 1.82) is 0 Å². The first-order valence-electron chi connectivity index (χ1n) is 23.3. The van der Waals surface area contributed by atoms with E-state index in [0.717, 1.165) is 45.0 Å². The van der Waals surface area contributed by atoms with Crippen LogP contribution in [0.3, 0.4) is 0 Å². The molecule has 12 aromatic rings. The largest absolute Gasteiger partial charge is 0.310 e. The third kappa shape index (κ3) is 7.64. The van der Waals surface area contributed by atoms with Crippen LogP contribution in [0, 0.1) is 0 Å². The Morgan fingerprint density at radius 2 is 0.706 bits per heavy atom. The maximum Gasteiger partial charge on any atom is 0.0547 e. The smallest absolute Gasteiger partial charge is 0.0547 e. The summed E-state index contributed by atoms with van der Waals surface area (Å²) in [4.78, 5) is 2.41. The first-order valence-corrected chi connectivity index (χ1v) is 23.3. The molecule has 0 bridgehead atoms. The molecule has 0 fully saturated rings. The summed E-state index contributed by atoms with van der Waals surface area (Å²) >= 11 is 0. The van der Waals surface area contributed by atoms with E-state index in [1.807, 2.05) is 0 Å². The molecule has 2 nitrogen and oxygen atoms in total. The van der Waals surface area contributed by atoms with Crippen LogP contribution in [0.25, 0.3) is 94.3 Å². The number of hydrogen-bond acceptors (Lipinski definition) is 1. The first-order chi connectivity index (χ1) is 33.7. The highest BCUT2D eigenvalue weighted by molar-refractivity contribution is 6.16. The lowest BCUT2D eigenvalue weighted by atomic mass is 9.93. The zero-order valence-corrected chi connectivity index (χ0v) is 37.5. The maximum absolute atomic E-state index is 2.41. The normalized spacial score (nSPS) is 11.2. The van der Waals surface area contributed by atoms with Crippen molar-refractivity contribution in [3.05, 3.63) is 279 Å². The van der Waals surface area contributed by atoms with Crippen LogP contribution < -0.4 is 4.90 Å². The molecule has 1 aromatic heterocycles. The molecule has 0 aliphatic carbocycles. The zero-order valence-electron chi connectivity index (χ0n) is 37.5. The molecular weight excluding hydrogens is 821 g/mol. The molecule has 0 unspecified atom stereocenters. The number of fused-ring (bicyclic) bond motifs is 3. The van der Waals surface area contributed by atoms with E-state index in [-0.39, 0.29) is 0 Å².